The lowest BCUT2D eigenvalue weighted by Gasteiger charge is -2.22. The lowest BCUT2D eigenvalue weighted by atomic mass is 9.83. The zero-order chi connectivity index (χ0) is 18.8. The van der Waals surface area contributed by atoms with Crippen LogP contribution in [0.15, 0.2) is 36.4 Å². The Morgan fingerprint density at radius 1 is 0.607 bits per heavy atom. The molecule has 0 spiro atoms. The number of fused-ring (bicyclic) bond motifs is 3. The molecule has 2 aromatic rings. The van der Waals surface area contributed by atoms with Gasteiger partial charge in [0.25, 0.3) is 0 Å². The van der Waals surface area contributed by atoms with Gasteiger partial charge in [-0.05, 0) is 60.1 Å². The van der Waals surface area contributed by atoms with Crippen LogP contribution in [0.5, 0.6) is 23.0 Å². The van der Waals surface area contributed by atoms with Crippen molar-refractivity contribution < 1.29 is 29.2 Å². The first-order chi connectivity index (χ1) is 13.7. The molecule has 4 aliphatic rings. The molecule has 6 heteroatoms. The van der Waals surface area contributed by atoms with E-state index in [1.54, 1.807) is 0 Å². The molecular formula is C22H22O6. The molecule has 2 saturated carbocycles. The molecule has 0 saturated heterocycles. The van der Waals surface area contributed by atoms with E-state index in [2.05, 4.69) is 0 Å². The van der Waals surface area contributed by atoms with E-state index in [9.17, 15) is 10.2 Å². The monoisotopic (exact) mass is 382 g/mol. The molecule has 146 valence electrons. The summed E-state index contributed by atoms with van der Waals surface area (Å²) in [4.78, 5) is 0. The molecule has 28 heavy (non-hydrogen) atoms. The van der Waals surface area contributed by atoms with Crippen LogP contribution >= 0.6 is 0 Å². The van der Waals surface area contributed by atoms with E-state index in [1.807, 2.05) is 36.4 Å². The van der Waals surface area contributed by atoms with Crippen molar-refractivity contribution >= 4 is 0 Å². The summed E-state index contributed by atoms with van der Waals surface area (Å²) < 4.78 is 21.9. The number of aliphatic hydroxyl groups is 2. The van der Waals surface area contributed by atoms with Crippen LogP contribution < -0.4 is 18.9 Å². The molecule has 0 unspecified atom stereocenters. The highest BCUT2D eigenvalue weighted by molar-refractivity contribution is 5.48. The zero-order valence-electron chi connectivity index (χ0n) is 15.3. The molecule has 0 aromatic heterocycles. The van der Waals surface area contributed by atoms with Gasteiger partial charge in [0.05, 0.1) is 12.2 Å². The van der Waals surface area contributed by atoms with Crippen molar-refractivity contribution in [3.63, 3.8) is 0 Å². The summed E-state index contributed by atoms with van der Waals surface area (Å²) in [5.74, 6) is 3.40. The fourth-order valence-electron chi connectivity index (χ4n) is 5.78. The number of aliphatic hydroxyl groups excluding tert-OH is 2. The normalized spacial score (nSPS) is 34.6. The Morgan fingerprint density at radius 2 is 1.04 bits per heavy atom. The number of rotatable bonds is 2. The predicted molar refractivity (Wildman–Crippen MR) is 98.8 cm³/mol. The van der Waals surface area contributed by atoms with E-state index < -0.39 is 12.2 Å². The maximum absolute atomic E-state index is 10.9. The van der Waals surface area contributed by atoms with Gasteiger partial charge < -0.3 is 29.2 Å². The molecule has 2 aliphatic heterocycles. The van der Waals surface area contributed by atoms with Crippen molar-refractivity contribution in [1.29, 1.82) is 0 Å². The van der Waals surface area contributed by atoms with Crippen LogP contribution in [0.3, 0.4) is 0 Å². The molecule has 2 fully saturated rings. The van der Waals surface area contributed by atoms with Crippen LogP contribution in [-0.4, -0.2) is 36.0 Å². The van der Waals surface area contributed by atoms with Crippen molar-refractivity contribution in [2.75, 3.05) is 13.6 Å². The van der Waals surface area contributed by atoms with Gasteiger partial charge in [0.15, 0.2) is 23.0 Å². The summed E-state index contributed by atoms with van der Waals surface area (Å²) in [6.07, 6.45) is 0.499. The smallest absolute Gasteiger partial charge is 0.231 e. The van der Waals surface area contributed by atoms with Gasteiger partial charge in [0.1, 0.15) is 0 Å². The highest BCUT2D eigenvalue weighted by Gasteiger charge is 2.53. The average Bonchev–Trinajstić information content (AvgIpc) is 3.43. The predicted octanol–water partition coefficient (Wildman–Crippen LogP) is 2.77. The van der Waals surface area contributed by atoms with Crippen molar-refractivity contribution in [1.82, 2.24) is 0 Å². The van der Waals surface area contributed by atoms with Crippen LogP contribution in [0.2, 0.25) is 0 Å². The summed E-state index contributed by atoms with van der Waals surface area (Å²) in [7, 11) is 0. The molecule has 2 aromatic carbocycles. The Balaban J connectivity index is 1.33. The van der Waals surface area contributed by atoms with Gasteiger partial charge in [-0.15, -0.1) is 0 Å². The number of benzene rings is 2. The van der Waals surface area contributed by atoms with E-state index in [0.717, 1.165) is 34.1 Å². The fourth-order valence-corrected chi connectivity index (χ4v) is 5.78. The number of hydrogen-bond acceptors (Lipinski definition) is 6. The Labute approximate surface area is 162 Å². The number of hydrogen-bond donors (Lipinski definition) is 2. The van der Waals surface area contributed by atoms with Crippen molar-refractivity contribution in [3.05, 3.63) is 47.5 Å². The summed E-state index contributed by atoms with van der Waals surface area (Å²) >= 11 is 0. The third-order valence-corrected chi connectivity index (χ3v) is 6.89. The standard InChI is InChI=1S/C22H22O6/c23-15-8-14-13(21(15)11-1-3-17-19(5-11)27-9-25-17)7-16(24)22(14)12-2-4-18-20(6-12)28-10-26-18/h1-6,13-16,21-24H,7-10H2/t13-,14-,15+,16+,21+,22+/m0/s1. The summed E-state index contributed by atoms with van der Waals surface area (Å²) in [6.45, 7) is 0.478. The van der Waals surface area contributed by atoms with E-state index in [0.29, 0.717) is 12.8 Å². The Bertz CT molecular complexity index is 852. The topological polar surface area (TPSA) is 77.4 Å². The highest BCUT2D eigenvalue weighted by Crippen LogP contribution is 2.58. The molecule has 2 aliphatic carbocycles. The van der Waals surface area contributed by atoms with Crippen molar-refractivity contribution in [2.45, 2.75) is 36.9 Å². The van der Waals surface area contributed by atoms with Crippen LogP contribution in [-0.2, 0) is 0 Å². The largest absolute Gasteiger partial charge is 0.454 e. The van der Waals surface area contributed by atoms with Crippen LogP contribution in [0, 0.1) is 11.8 Å². The first kappa shape index (κ1) is 16.5. The summed E-state index contributed by atoms with van der Waals surface area (Å²) in [5, 5.41) is 21.8. The van der Waals surface area contributed by atoms with Gasteiger partial charge in [-0.3, -0.25) is 0 Å². The minimum atomic E-state index is -0.431. The van der Waals surface area contributed by atoms with Crippen LogP contribution in [0.25, 0.3) is 0 Å². The van der Waals surface area contributed by atoms with E-state index in [1.165, 1.54) is 0 Å². The summed E-state index contributed by atoms with van der Waals surface area (Å²) in [6, 6.07) is 11.8. The van der Waals surface area contributed by atoms with Crippen molar-refractivity contribution in [3.8, 4) is 23.0 Å². The Hall–Kier alpha value is -2.44. The second-order valence-corrected chi connectivity index (χ2v) is 8.21. The molecule has 6 rings (SSSR count). The second kappa shape index (κ2) is 6.03. The van der Waals surface area contributed by atoms with Crippen LogP contribution in [0.1, 0.15) is 35.8 Å². The molecule has 0 radical (unpaired) electrons. The highest BCUT2D eigenvalue weighted by atomic mass is 16.7. The van der Waals surface area contributed by atoms with E-state index in [4.69, 9.17) is 18.9 Å². The first-order valence-corrected chi connectivity index (χ1v) is 9.84. The minimum absolute atomic E-state index is 0.00633. The first-order valence-electron chi connectivity index (χ1n) is 9.84. The van der Waals surface area contributed by atoms with E-state index in [-0.39, 0.29) is 37.3 Å². The van der Waals surface area contributed by atoms with Gasteiger partial charge in [-0.25, -0.2) is 0 Å². The summed E-state index contributed by atoms with van der Waals surface area (Å²) in [5.41, 5.74) is 2.12. The Kier molecular flexibility index (Phi) is 3.55. The molecule has 6 atom stereocenters. The average molecular weight is 382 g/mol. The van der Waals surface area contributed by atoms with Gasteiger partial charge in [0.2, 0.25) is 13.6 Å². The van der Waals surface area contributed by atoms with Crippen LogP contribution in [0.4, 0.5) is 0 Å². The lowest BCUT2D eigenvalue weighted by Crippen LogP contribution is -2.20. The quantitative estimate of drug-likeness (QED) is 0.832. The molecule has 2 heterocycles. The van der Waals surface area contributed by atoms with Gasteiger partial charge in [-0.1, -0.05) is 12.1 Å². The number of ether oxygens (including phenoxy) is 4. The van der Waals surface area contributed by atoms with Gasteiger partial charge >= 0.3 is 0 Å². The fraction of sp³-hybridized carbons (Fsp3) is 0.455. The third kappa shape index (κ3) is 2.34. The van der Waals surface area contributed by atoms with E-state index >= 15 is 0 Å². The Morgan fingerprint density at radius 3 is 1.50 bits per heavy atom. The maximum atomic E-state index is 10.9. The van der Waals surface area contributed by atoms with Gasteiger partial charge in [-0.2, -0.15) is 0 Å². The lowest BCUT2D eigenvalue weighted by molar-refractivity contribution is 0.114. The second-order valence-electron chi connectivity index (χ2n) is 8.21. The molecule has 0 amide bonds. The van der Waals surface area contributed by atoms with Crippen molar-refractivity contribution in [2.24, 2.45) is 11.8 Å². The molecule has 0 bridgehead atoms. The van der Waals surface area contributed by atoms with Gasteiger partial charge in [0, 0.05) is 11.8 Å². The molecular weight excluding hydrogens is 360 g/mol. The minimum Gasteiger partial charge on any atom is -0.454 e. The zero-order valence-corrected chi connectivity index (χ0v) is 15.3. The third-order valence-electron chi connectivity index (χ3n) is 6.89. The molecule has 6 nitrogen and oxygen atoms in total. The molecule has 2 N–H and O–H groups in total. The SMILES string of the molecule is O[C@@H]1C[C@H]2[C@H](C[C@@H](O)[C@@H]2c2ccc3c(c2)OCO3)[C@H]1c1ccc2c(c1)OCO2. The maximum Gasteiger partial charge on any atom is 0.231 e.